The Hall–Kier alpha value is -2.69. The van der Waals surface area contributed by atoms with Gasteiger partial charge in [-0.2, -0.15) is 0 Å². The molecule has 1 amide bonds. The molecule has 5 nitrogen and oxygen atoms in total. The van der Waals surface area contributed by atoms with Gasteiger partial charge in [0.05, 0.1) is 11.6 Å². The summed E-state index contributed by atoms with van der Waals surface area (Å²) in [6.07, 6.45) is 5.54. The van der Waals surface area contributed by atoms with Gasteiger partial charge in [-0.15, -0.1) is 0 Å². The van der Waals surface area contributed by atoms with Gasteiger partial charge in [0.2, 0.25) is 0 Å². The minimum atomic E-state index is 0.0424. The van der Waals surface area contributed by atoms with E-state index in [9.17, 15) is 4.79 Å². The number of fused-ring (bicyclic) bond motifs is 1. The van der Waals surface area contributed by atoms with Crippen LogP contribution in [0.5, 0.6) is 0 Å². The van der Waals surface area contributed by atoms with Gasteiger partial charge in [0.15, 0.2) is 0 Å². The van der Waals surface area contributed by atoms with E-state index in [4.69, 9.17) is 0 Å². The highest BCUT2D eigenvalue weighted by Gasteiger charge is 2.32. The van der Waals surface area contributed by atoms with Crippen molar-refractivity contribution in [3.63, 3.8) is 0 Å². The molecular formula is C18H18N4O. The van der Waals surface area contributed by atoms with E-state index in [0.29, 0.717) is 5.56 Å². The summed E-state index contributed by atoms with van der Waals surface area (Å²) in [4.78, 5) is 26.9. The van der Waals surface area contributed by atoms with Crippen molar-refractivity contribution in [2.24, 2.45) is 0 Å². The summed E-state index contributed by atoms with van der Waals surface area (Å²) in [6, 6.07) is 9.61. The lowest BCUT2D eigenvalue weighted by Crippen LogP contribution is -2.31. The second kappa shape index (κ2) is 5.50. The Morgan fingerprint density at radius 2 is 2.22 bits per heavy atom. The van der Waals surface area contributed by atoms with Gasteiger partial charge in [0.25, 0.3) is 5.91 Å². The van der Waals surface area contributed by atoms with Crippen molar-refractivity contribution >= 4 is 16.8 Å². The molecule has 0 saturated carbocycles. The number of aromatic nitrogens is 3. The van der Waals surface area contributed by atoms with Crippen molar-refractivity contribution < 1.29 is 4.79 Å². The molecule has 23 heavy (non-hydrogen) atoms. The van der Waals surface area contributed by atoms with Gasteiger partial charge in [-0.3, -0.25) is 9.78 Å². The summed E-state index contributed by atoms with van der Waals surface area (Å²) >= 11 is 0. The molecule has 4 rings (SSSR count). The first-order valence-corrected chi connectivity index (χ1v) is 7.89. The zero-order chi connectivity index (χ0) is 15.8. The van der Waals surface area contributed by atoms with Crippen LogP contribution in [0.4, 0.5) is 0 Å². The van der Waals surface area contributed by atoms with Crippen molar-refractivity contribution in [3.05, 3.63) is 59.8 Å². The van der Waals surface area contributed by atoms with Crippen LogP contribution in [0.15, 0.2) is 42.7 Å². The fraction of sp³-hybridized carbons (Fsp3) is 0.278. The van der Waals surface area contributed by atoms with E-state index in [0.717, 1.165) is 41.8 Å². The second-order valence-corrected chi connectivity index (χ2v) is 6.02. The van der Waals surface area contributed by atoms with Gasteiger partial charge in [-0.1, -0.05) is 6.07 Å². The second-order valence-electron chi connectivity index (χ2n) is 6.02. The lowest BCUT2D eigenvalue weighted by molar-refractivity contribution is 0.0730. The van der Waals surface area contributed by atoms with E-state index >= 15 is 0 Å². The van der Waals surface area contributed by atoms with Crippen molar-refractivity contribution in [2.75, 3.05) is 6.54 Å². The van der Waals surface area contributed by atoms with E-state index < -0.39 is 0 Å². The quantitative estimate of drug-likeness (QED) is 0.790. The molecule has 0 spiro atoms. The average molecular weight is 306 g/mol. The number of amides is 1. The first-order valence-electron chi connectivity index (χ1n) is 7.89. The van der Waals surface area contributed by atoms with Crippen LogP contribution in [0.3, 0.4) is 0 Å². The van der Waals surface area contributed by atoms with Gasteiger partial charge >= 0.3 is 0 Å². The number of imidazole rings is 1. The van der Waals surface area contributed by atoms with Crippen LogP contribution in [0.25, 0.3) is 10.9 Å². The van der Waals surface area contributed by atoms with Gasteiger partial charge in [0, 0.05) is 35.6 Å². The molecule has 2 aromatic heterocycles. The number of benzene rings is 1. The summed E-state index contributed by atoms with van der Waals surface area (Å²) in [5, 5.41) is 0.989. The Labute approximate surface area is 134 Å². The number of nitrogens with one attached hydrogen (secondary N) is 1. The van der Waals surface area contributed by atoms with E-state index in [2.05, 4.69) is 15.0 Å². The monoisotopic (exact) mass is 306 g/mol. The predicted octanol–water partition coefficient (Wildman–Crippen LogP) is 3.24. The zero-order valence-corrected chi connectivity index (χ0v) is 13.0. The van der Waals surface area contributed by atoms with E-state index in [1.54, 1.807) is 6.20 Å². The molecule has 0 radical (unpaired) electrons. The summed E-state index contributed by atoms with van der Waals surface area (Å²) in [5.74, 6) is 0.947. The first kappa shape index (κ1) is 13.9. The number of nitrogens with zero attached hydrogens (tertiary/aromatic N) is 3. The number of carbonyl (C=O) groups is 1. The molecular weight excluding hydrogens is 288 g/mol. The Morgan fingerprint density at radius 1 is 1.30 bits per heavy atom. The molecule has 3 aromatic rings. The third-order valence-electron chi connectivity index (χ3n) is 4.40. The molecule has 1 aliphatic rings. The van der Waals surface area contributed by atoms with Gasteiger partial charge in [0.1, 0.15) is 5.82 Å². The molecule has 1 aromatic carbocycles. The van der Waals surface area contributed by atoms with E-state index in [1.807, 2.05) is 48.4 Å². The summed E-state index contributed by atoms with van der Waals surface area (Å²) in [5.41, 5.74) is 2.64. The largest absolute Gasteiger partial charge is 0.344 e. The minimum Gasteiger partial charge on any atom is -0.344 e. The van der Waals surface area contributed by atoms with Crippen molar-refractivity contribution in [3.8, 4) is 0 Å². The van der Waals surface area contributed by atoms with Crippen LogP contribution >= 0.6 is 0 Å². The topological polar surface area (TPSA) is 61.9 Å². The third-order valence-corrected chi connectivity index (χ3v) is 4.40. The summed E-state index contributed by atoms with van der Waals surface area (Å²) < 4.78 is 0. The molecule has 1 fully saturated rings. The highest BCUT2D eigenvalue weighted by atomic mass is 16.2. The number of H-pyrrole nitrogens is 1. The average Bonchev–Trinajstić information content (AvgIpc) is 3.22. The van der Waals surface area contributed by atoms with Crippen LogP contribution in [-0.4, -0.2) is 32.3 Å². The molecule has 5 heteroatoms. The summed E-state index contributed by atoms with van der Waals surface area (Å²) in [7, 11) is 0. The molecule has 3 heterocycles. The molecule has 1 saturated heterocycles. The lowest BCUT2D eigenvalue weighted by atomic mass is 10.1. The smallest absolute Gasteiger partial charge is 0.254 e. The van der Waals surface area contributed by atoms with Gasteiger partial charge in [-0.05, 0) is 44.0 Å². The van der Waals surface area contributed by atoms with Crippen molar-refractivity contribution in [2.45, 2.75) is 25.8 Å². The summed E-state index contributed by atoms with van der Waals surface area (Å²) in [6.45, 7) is 2.75. The Balaban J connectivity index is 1.66. The molecule has 1 atom stereocenters. The standard InChI is InChI=1S/C18H18N4O/c1-12-11-20-17(21-12)16-5-3-9-22(16)18(23)14-6-7-15-13(10-14)4-2-8-19-15/h2,4,6-8,10-11,16H,3,5,9H2,1H3,(H,20,21)/t16-/m0/s1. The zero-order valence-electron chi connectivity index (χ0n) is 13.0. The molecule has 0 bridgehead atoms. The number of carbonyl (C=O) groups excluding carboxylic acids is 1. The maximum absolute atomic E-state index is 12.9. The molecule has 0 aliphatic carbocycles. The van der Waals surface area contributed by atoms with E-state index in [1.165, 1.54) is 0 Å². The molecule has 1 aliphatic heterocycles. The van der Waals surface area contributed by atoms with Crippen LogP contribution < -0.4 is 0 Å². The number of hydrogen-bond donors (Lipinski definition) is 1. The number of aryl methyl sites for hydroxylation is 1. The van der Waals surface area contributed by atoms with Crippen LogP contribution in [0, 0.1) is 6.92 Å². The van der Waals surface area contributed by atoms with E-state index in [-0.39, 0.29) is 11.9 Å². The fourth-order valence-electron chi connectivity index (χ4n) is 3.27. The number of rotatable bonds is 2. The SMILES string of the molecule is Cc1cnc([C@@H]2CCCN2C(=O)c2ccc3ncccc3c2)[nH]1. The molecule has 0 unspecified atom stereocenters. The van der Waals surface area contributed by atoms with Gasteiger partial charge < -0.3 is 9.88 Å². The Bertz CT molecular complexity index is 870. The van der Waals surface area contributed by atoms with Crippen molar-refractivity contribution in [1.29, 1.82) is 0 Å². The number of likely N-dealkylation sites (tertiary alicyclic amines) is 1. The van der Waals surface area contributed by atoms with Crippen LogP contribution in [-0.2, 0) is 0 Å². The maximum Gasteiger partial charge on any atom is 0.254 e. The minimum absolute atomic E-state index is 0.0424. The lowest BCUT2D eigenvalue weighted by Gasteiger charge is -2.23. The van der Waals surface area contributed by atoms with Gasteiger partial charge in [-0.25, -0.2) is 4.98 Å². The highest BCUT2D eigenvalue weighted by Crippen LogP contribution is 2.31. The predicted molar refractivity (Wildman–Crippen MR) is 88.1 cm³/mol. The maximum atomic E-state index is 12.9. The first-order chi connectivity index (χ1) is 11.2. The fourth-order valence-corrected chi connectivity index (χ4v) is 3.27. The van der Waals surface area contributed by atoms with Crippen LogP contribution in [0.2, 0.25) is 0 Å². The number of hydrogen-bond acceptors (Lipinski definition) is 3. The number of pyridine rings is 1. The molecule has 1 N–H and O–H groups in total. The molecule has 116 valence electrons. The third kappa shape index (κ3) is 2.48. The van der Waals surface area contributed by atoms with Crippen LogP contribution in [0.1, 0.15) is 40.8 Å². The highest BCUT2D eigenvalue weighted by molar-refractivity contribution is 5.98. The normalized spacial score (nSPS) is 17.8. The Kier molecular flexibility index (Phi) is 3.33. The Morgan fingerprint density at radius 3 is 3.04 bits per heavy atom. The number of aromatic amines is 1. The van der Waals surface area contributed by atoms with Crippen molar-refractivity contribution in [1.82, 2.24) is 19.9 Å².